The molecule has 3 aliphatic heterocycles. The van der Waals surface area contributed by atoms with Gasteiger partial charge in [0.25, 0.3) is 0 Å². The molecule has 3 aliphatic rings. The van der Waals surface area contributed by atoms with Crippen LogP contribution in [0.5, 0.6) is 0 Å². The van der Waals surface area contributed by atoms with E-state index in [9.17, 15) is 18.4 Å². The molecule has 1 aromatic carbocycles. The maximum atomic E-state index is 13.4. The van der Waals surface area contributed by atoms with Gasteiger partial charge >= 0.3 is 0 Å². The lowest BCUT2D eigenvalue weighted by Gasteiger charge is -2.35. The van der Waals surface area contributed by atoms with Crippen LogP contribution in [0, 0.1) is 23.0 Å². The minimum Gasteiger partial charge on any atom is -0.333 e. The monoisotopic (exact) mass is 403 g/mol. The zero-order valence-electron chi connectivity index (χ0n) is 15.9. The Kier molecular flexibility index (Phi) is 5.23. The minimum absolute atomic E-state index is 0.0697. The molecule has 2 N–H and O–H groups in total. The van der Waals surface area contributed by atoms with Crippen LogP contribution in [-0.4, -0.2) is 70.3 Å². The van der Waals surface area contributed by atoms with Gasteiger partial charge in [-0.05, 0) is 37.0 Å². The summed E-state index contributed by atoms with van der Waals surface area (Å²) in [6.07, 6.45) is 2.07. The zero-order valence-corrected chi connectivity index (χ0v) is 15.9. The second-order valence-electron chi connectivity index (χ2n) is 8.03. The Hall–Kier alpha value is -2.57. The van der Waals surface area contributed by atoms with E-state index in [0.29, 0.717) is 31.5 Å². The van der Waals surface area contributed by atoms with Crippen molar-refractivity contribution in [1.82, 2.24) is 14.7 Å². The van der Waals surface area contributed by atoms with Crippen LogP contribution in [0.15, 0.2) is 18.2 Å². The highest BCUT2D eigenvalue weighted by Crippen LogP contribution is 2.33. The standard InChI is InChI=1S/C20H23F2N5O2/c21-13-4-12(5-14(22)6-13)9-27-16-7-18(20(27)29)25(10-16)11-17(24)19(28)26-3-1-2-15(26)8-23/h4-6,15-18H,1-3,7,9-11,24H2/t15-,16?,17?,18?/m0/s1. The number of nitrogens with zero attached hydrogens (tertiary/aromatic N) is 4. The van der Waals surface area contributed by atoms with Gasteiger partial charge in [0.2, 0.25) is 11.8 Å². The van der Waals surface area contributed by atoms with Gasteiger partial charge in [0.05, 0.1) is 18.2 Å². The molecule has 3 heterocycles. The van der Waals surface area contributed by atoms with Crippen LogP contribution in [0.1, 0.15) is 24.8 Å². The van der Waals surface area contributed by atoms with E-state index >= 15 is 0 Å². The number of hydrogen-bond acceptors (Lipinski definition) is 5. The highest BCUT2D eigenvalue weighted by molar-refractivity contribution is 5.86. The number of benzene rings is 1. The molecule has 0 spiro atoms. The molecular formula is C20H23F2N5O2. The van der Waals surface area contributed by atoms with E-state index in [0.717, 1.165) is 12.5 Å². The number of hydrogen-bond donors (Lipinski definition) is 1. The van der Waals surface area contributed by atoms with Crippen molar-refractivity contribution in [3.8, 4) is 6.07 Å². The number of fused-ring (bicyclic) bond motifs is 2. The van der Waals surface area contributed by atoms with Gasteiger partial charge in [-0.2, -0.15) is 5.26 Å². The first-order valence-electron chi connectivity index (χ1n) is 9.82. The number of piperazine rings is 1. The van der Waals surface area contributed by atoms with Crippen LogP contribution in [-0.2, 0) is 16.1 Å². The van der Waals surface area contributed by atoms with Crippen molar-refractivity contribution in [3.05, 3.63) is 35.4 Å². The molecule has 3 unspecified atom stereocenters. The van der Waals surface area contributed by atoms with Crippen LogP contribution in [0.3, 0.4) is 0 Å². The Labute approximate surface area is 167 Å². The van der Waals surface area contributed by atoms with E-state index in [4.69, 9.17) is 11.0 Å². The van der Waals surface area contributed by atoms with E-state index in [2.05, 4.69) is 6.07 Å². The third kappa shape index (κ3) is 3.70. The molecule has 7 nitrogen and oxygen atoms in total. The molecule has 3 saturated heterocycles. The highest BCUT2D eigenvalue weighted by Gasteiger charge is 2.50. The van der Waals surface area contributed by atoms with Gasteiger partial charge in [-0.25, -0.2) is 8.78 Å². The molecule has 3 fully saturated rings. The molecule has 0 radical (unpaired) electrons. The van der Waals surface area contributed by atoms with E-state index in [1.807, 2.05) is 4.90 Å². The molecule has 2 bridgehead atoms. The van der Waals surface area contributed by atoms with Crippen molar-refractivity contribution in [2.45, 2.75) is 50.0 Å². The summed E-state index contributed by atoms with van der Waals surface area (Å²) in [5.41, 5.74) is 6.53. The Morgan fingerprint density at radius 3 is 2.69 bits per heavy atom. The summed E-state index contributed by atoms with van der Waals surface area (Å²) in [4.78, 5) is 30.5. The summed E-state index contributed by atoms with van der Waals surface area (Å²) in [5.74, 6) is -1.70. The topological polar surface area (TPSA) is 93.7 Å². The lowest BCUT2D eigenvalue weighted by molar-refractivity contribution is -0.139. The maximum Gasteiger partial charge on any atom is 0.241 e. The number of rotatable bonds is 5. The Balaban J connectivity index is 1.37. The van der Waals surface area contributed by atoms with Crippen molar-refractivity contribution in [2.75, 3.05) is 19.6 Å². The van der Waals surface area contributed by atoms with E-state index in [1.165, 1.54) is 17.0 Å². The normalized spacial score (nSPS) is 27.5. The van der Waals surface area contributed by atoms with Gasteiger partial charge in [0.1, 0.15) is 17.7 Å². The van der Waals surface area contributed by atoms with Crippen LogP contribution in [0.25, 0.3) is 0 Å². The van der Waals surface area contributed by atoms with Crippen LogP contribution in [0.2, 0.25) is 0 Å². The molecule has 2 amide bonds. The third-order valence-corrected chi connectivity index (χ3v) is 6.10. The summed E-state index contributed by atoms with van der Waals surface area (Å²) >= 11 is 0. The highest BCUT2D eigenvalue weighted by atomic mass is 19.1. The Bertz CT molecular complexity index is 853. The SMILES string of the molecule is N#C[C@@H]1CCCN1C(=O)C(N)CN1CC2CC1C(=O)N2Cc1cc(F)cc(F)c1. The average Bonchev–Trinajstić information content (AvgIpc) is 3.36. The number of likely N-dealkylation sites (tertiary alicyclic amines) is 3. The van der Waals surface area contributed by atoms with E-state index in [-0.39, 0.29) is 37.0 Å². The smallest absolute Gasteiger partial charge is 0.241 e. The van der Waals surface area contributed by atoms with Gasteiger partial charge in [0, 0.05) is 38.3 Å². The zero-order chi connectivity index (χ0) is 20.7. The van der Waals surface area contributed by atoms with Gasteiger partial charge in [-0.1, -0.05) is 0 Å². The van der Waals surface area contributed by atoms with Gasteiger partial charge in [-0.15, -0.1) is 0 Å². The van der Waals surface area contributed by atoms with Crippen molar-refractivity contribution in [1.29, 1.82) is 5.26 Å². The number of nitrogens with two attached hydrogens (primary N) is 1. The second-order valence-corrected chi connectivity index (χ2v) is 8.03. The second kappa shape index (κ2) is 7.69. The van der Waals surface area contributed by atoms with E-state index < -0.39 is 23.7 Å². The molecule has 154 valence electrons. The molecule has 0 aromatic heterocycles. The van der Waals surface area contributed by atoms with Crippen molar-refractivity contribution < 1.29 is 18.4 Å². The molecule has 0 aliphatic carbocycles. The lowest BCUT2D eigenvalue weighted by Crippen LogP contribution is -2.56. The first-order chi connectivity index (χ1) is 13.9. The van der Waals surface area contributed by atoms with Gasteiger partial charge < -0.3 is 15.5 Å². The quantitative estimate of drug-likeness (QED) is 0.777. The summed E-state index contributed by atoms with van der Waals surface area (Å²) in [5, 5.41) is 9.16. The predicted octanol–water partition coefficient (Wildman–Crippen LogP) is 0.592. The fraction of sp³-hybridized carbons (Fsp3) is 0.550. The Morgan fingerprint density at radius 2 is 2.03 bits per heavy atom. The summed E-state index contributed by atoms with van der Waals surface area (Å²) in [7, 11) is 0. The first-order valence-corrected chi connectivity index (χ1v) is 9.82. The number of carbonyl (C=O) groups is 2. The fourth-order valence-corrected chi connectivity index (χ4v) is 4.75. The predicted molar refractivity (Wildman–Crippen MR) is 99.0 cm³/mol. The third-order valence-electron chi connectivity index (χ3n) is 6.10. The summed E-state index contributed by atoms with van der Waals surface area (Å²) in [6.45, 7) is 1.51. The minimum atomic E-state index is -0.790. The molecule has 4 rings (SSSR count). The van der Waals surface area contributed by atoms with Crippen LogP contribution in [0.4, 0.5) is 8.78 Å². The van der Waals surface area contributed by atoms with Gasteiger partial charge in [-0.3, -0.25) is 14.5 Å². The number of amides is 2. The maximum absolute atomic E-state index is 13.4. The van der Waals surface area contributed by atoms with E-state index in [1.54, 1.807) is 4.90 Å². The first kappa shape index (κ1) is 19.7. The van der Waals surface area contributed by atoms with Crippen molar-refractivity contribution in [3.63, 3.8) is 0 Å². The number of halogens is 2. The molecule has 0 saturated carbocycles. The molecule has 29 heavy (non-hydrogen) atoms. The molecular weight excluding hydrogens is 380 g/mol. The molecule has 4 atom stereocenters. The largest absolute Gasteiger partial charge is 0.333 e. The number of nitriles is 1. The van der Waals surface area contributed by atoms with Crippen LogP contribution < -0.4 is 5.73 Å². The summed E-state index contributed by atoms with van der Waals surface area (Å²) < 4.78 is 26.9. The van der Waals surface area contributed by atoms with Crippen molar-refractivity contribution >= 4 is 11.8 Å². The average molecular weight is 403 g/mol. The number of carbonyl (C=O) groups excluding carboxylic acids is 2. The lowest BCUT2D eigenvalue weighted by atomic mass is 10.1. The molecule has 1 aromatic rings. The molecule has 9 heteroatoms. The Morgan fingerprint density at radius 1 is 1.31 bits per heavy atom. The fourth-order valence-electron chi connectivity index (χ4n) is 4.75. The summed E-state index contributed by atoms with van der Waals surface area (Å²) in [6, 6.07) is 3.75. The van der Waals surface area contributed by atoms with Gasteiger partial charge in [0.15, 0.2) is 0 Å². The van der Waals surface area contributed by atoms with Crippen molar-refractivity contribution in [2.24, 2.45) is 5.73 Å². The van der Waals surface area contributed by atoms with Crippen LogP contribution >= 0.6 is 0 Å².